The zero-order chi connectivity index (χ0) is 19.1. The smallest absolute Gasteiger partial charge is 0.230 e. The van der Waals surface area contributed by atoms with Gasteiger partial charge in [0.1, 0.15) is 5.60 Å². The molecule has 2 saturated heterocycles. The fraction of sp³-hybridized carbons (Fsp3) is 0.364. The maximum atomic E-state index is 13.1. The summed E-state index contributed by atoms with van der Waals surface area (Å²) in [5, 5.41) is 5.04. The number of nitrogens with one attached hydrogen (secondary N) is 1. The molecule has 5 nitrogen and oxygen atoms in total. The number of likely N-dealkylation sites (tertiary alicyclic amines) is 1. The number of benzene rings is 1. The summed E-state index contributed by atoms with van der Waals surface area (Å²) in [6.45, 7) is 1.66. The minimum atomic E-state index is -0.638. The van der Waals surface area contributed by atoms with Gasteiger partial charge in [0, 0.05) is 11.4 Å². The van der Waals surface area contributed by atoms with Crippen molar-refractivity contribution in [3.63, 3.8) is 0 Å². The first kappa shape index (κ1) is 17.6. The Morgan fingerprint density at radius 2 is 2.11 bits per heavy atom. The fourth-order valence-electron chi connectivity index (χ4n) is 4.69. The first-order valence-corrected chi connectivity index (χ1v) is 10.5. The number of hydrogen-bond donors (Lipinski definition) is 1. The second-order valence-electron chi connectivity index (χ2n) is 7.70. The number of nitrogens with zero attached hydrogens (tertiary/aromatic N) is 1. The molecule has 0 saturated carbocycles. The summed E-state index contributed by atoms with van der Waals surface area (Å²) in [5.74, 6) is -0.910. The van der Waals surface area contributed by atoms with Crippen LogP contribution in [0, 0.1) is 11.8 Å². The van der Waals surface area contributed by atoms with Crippen molar-refractivity contribution in [2.45, 2.75) is 24.7 Å². The van der Waals surface area contributed by atoms with Crippen LogP contribution < -0.4 is 5.32 Å². The van der Waals surface area contributed by atoms with Gasteiger partial charge in [-0.05, 0) is 23.4 Å². The molecular formula is C22H22N2O3S. The SMILES string of the molecule is O=C(NCCc1ccccc1)[C@H]1[C@H]2C=C[C@@]3(CN(Cc4cccs4)C(=O)[C@@H]13)O2. The Morgan fingerprint density at radius 3 is 2.89 bits per heavy atom. The van der Waals surface area contributed by atoms with Crippen LogP contribution in [0.1, 0.15) is 10.4 Å². The third-order valence-corrected chi connectivity index (χ3v) is 6.83. The van der Waals surface area contributed by atoms with Gasteiger partial charge in [0.05, 0.1) is 31.0 Å². The van der Waals surface area contributed by atoms with Crippen LogP contribution in [0.4, 0.5) is 0 Å². The van der Waals surface area contributed by atoms with Crippen molar-refractivity contribution in [3.8, 4) is 0 Å². The summed E-state index contributed by atoms with van der Waals surface area (Å²) in [4.78, 5) is 29.1. The molecule has 0 aliphatic carbocycles. The molecule has 5 rings (SSSR count). The topological polar surface area (TPSA) is 58.6 Å². The van der Waals surface area contributed by atoms with E-state index in [2.05, 4.69) is 5.32 Å². The molecule has 144 valence electrons. The molecule has 1 aromatic carbocycles. The van der Waals surface area contributed by atoms with Crippen molar-refractivity contribution < 1.29 is 14.3 Å². The molecule has 2 amide bonds. The zero-order valence-corrected chi connectivity index (χ0v) is 16.2. The van der Waals surface area contributed by atoms with Crippen LogP contribution in [0.2, 0.25) is 0 Å². The molecule has 3 aliphatic heterocycles. The largest absolute Gasteiger partial charge is 0.360 e. The Labute approximate surface area is 168 Å². The normalized spacial score (nSPS) is 30.1. The summed E-state index contributed by atoms with van der Waals surface area (Å²) in [5.41, 5.74) is 0.544. The van der Waals surface area contributed by atoms with Crippen LogP contribution in [-0.2, 0) is 27.3 Å². The van der Waals surface area contributed by atoms with Crippen molar-refractivity contribution in [3.05, 3.63) is 70.4 Å². The van der Waals surface area contributed by atoms with Gasteiger partial charge < -0.3 is 15.0 Å². The highest BCUT2D eigenvalue weighted by atomic mass is 32.1. The van der Waals surface area contributed by atoms with Crippen LogP contribution in [0.5, 0.6) is 0 Å². The maximum absolute atomic E-state index is 13.1. The molecule has 6 heteroatoms. The lowest BCUT2D eigenvalue weighted by atomic mass is 9.77. The molecule has 4 heterocycles. The first-order chi connectivity index (χ1) is 13.7. The number of thiophene rings is 1. The lowest BCUT2D eigenvalue weighted by Crippen LogP contribution is -2.44. The van der Waals surface area contributed by atoms with Crippen molar-refractivity contribution in [2.75, 3.05) is 13.1 Å². The number of hydrogen-bond acceptors (Lipinski definition) is 4. The highest BCUT2D eigenvalue weighted by Crippen LogP contribution is 2.52. The fourth-order valence-corrected chi connectivity index (χ4v) is 5.41. The highest BCUT2D eigenvalue weighted by Gasteiger charge is 2.66. The number of rotatable bonds is 6. The molecule has 0 unspecified atom stereocenters. The van der Waals surface area contributed by atoms with E-state index < -0.39 is 17.4 Å². The van der Waals surface area contributed by atoms with E-state index in [4.69, 9.17) is 4.74 Å². The summed E-state index contributed by atoms with van der Waals surface area (Å²) in [7, 11) is 0. The average molecular weight is 394 g/mol. The quantitative estimate of drug-likeness (QED) is 0.766. The summed E-state index contributed by atoms with van der Waals surface area (Å²) >= 11 is 1.64. The third kappa shape index (κ3) is 2.88. The molecule has 3 aliphatic rings. The van der Waals surface area contributed by atoms with E-state index >= 15 is 0 Å². The minimum Gasteiger partial charge on any atom is -0.360 e. The second-order valence-corrected chi connectivity index (χ2v) is 8.73. The lowest BCUT2D eigenvalue weighted by Gasteiger charge is -2.23. The predicted molar refractivity (Wildman–Crippen MR) is 107 cm³/mol. The molecule has 2 bridgehead atoms. The van der Waals surface area contributed by atoms with Gasteiger partial charge in [-0.2, -0.15) is 0 Å². The monoisotopic (exact) mass is 394 g/mol. The summed E-state index contributed by atoms with van der Waals surface area (Å²) in [6.07, 6.45) is 4.44. The summed E-state index contributed by atoms with van der Waals surface area (Å²) < 4.78 is 6.17. The molecule has 2 aromatic rings. The predicted octanol–water partition coefficient (Wildman–Crippen LogP) is 2.39. The number of carbonyl (C=O) groups excluding carboxylic acids is 2. The van der Waals surface area contributed by atoms with E-state index in [0.29, 0.717) is 19.6 Å². The molecule has 1 aromatic heterocycles. The number of carbonyl (C=O) groups is 2. The van der Waals surface area contributed by atoms with Gasteiger partial charge in [0.2, 0.25) is 11.8 Å². The highest BCUT2D eigenvalue weighted by molar-refractivity contribution is 7.09. The minimum absolute atomic E-state index is 0.0310. The molecule has 2 fully saturated rings. The molecule has 28 heavy (non-hydrogen) atoms. The van der Waals surface area contributed by atoms with E-state index in [-0.39, 0.29) is 17.9 Å². The average Bonchev–Trinajstić information content (AvgIpc) is 3.46. The van der Waals surface area contributed by atoms with E-state index in [1.165, 1.54) is 5.56 Å². The van der Waals surface area contributed by atoms with Gasteiger partial charge >= 0.3 is 0 Å². The van der Waals surface area contributed by atoms with Crippen molar-refractivity contribution >= 4 is 23.2 Å². The number of fused-ring (bicyclic) bond motifs is 1. The maximum Gasteiger partial charge on any atom is 0.230 e. The molecule has 4 atom stereocenters. The van der Waals surface area contributed by atoms with Crippen molar-refractivity contribution in [2.24, 2.45) is 11.8 Å². The summed E-state index contributed by atoms with van der Waals surface area (Å²) in [6, 6.07) is 14.1. The zero-order valence-electron chi connectivity index (χ0n) is 15.4. The van der Waals surface area contributed by atoms with Crippen molar-refractivity contribution in [1.29, 1.82) is 0 Å². The van der Waals surface area contributed by atoms with E-state index in [1.54, 1.807) is 11.3 Å². The standard InChI is InChI=1S/C22H22N2O3S/c25-20(23-11-9-15-5-2-1-3-6-15)18-17-8-10-22(27-17)14-24(21(26)19(18)22)13-16-7-4-12-28-16/h1-8,10,12,17-19H,9,11,13-14H2,(H,23,25)/t17-,18+,19-,22+/m1/s1. The van der Waals surface area contributed by atoms with Crippen LogP contribution in [0.3, 0.4) is 0 Å². The second kappa shape index (κ2) is 6.87. The first-order valence-electron chi connectivity index (χ1n) is 9.66. The van der Waals surface area contributed by atoms with Gasteiger partial charge in [0.25, 0.3) is 0 Å². The van der Waals surface area contributed by atoms with Crippen LogP contribution in [0.25, 0.3) is 0 Å². The number of ether oxygens (including phenoxy) is 1. The Morgan fingerprint density at radius 1 is 1.25 bits per heavy atom. The molecular weight excluding hydrogens is 372 g/mol. The van der Waals surface area contributed by atoms with Gasteiger partial charge in [-0.3, -0.25) is 9.59 Å². The Kier molecular flexibility index (Phi) is 4.33. The molecule has 0 radical (unpaired) electrons. The van der Waals surface area contributed by atoms with Gasteiger partial charge in [0.15, 0.2) is 0 Å². The lowest BCUT2D eigenvalue weighted by molar-refractivity contribution is -0.137. The molecule has 1 spiro atoms. The Bertz CT molecular complexity index is 911. The van der Waals surface area contributed by atoms with E-state index in [1.807, 2.05) is 64.9 Å². The van der Waals surface area contributed by atoms with Gasteiger partial charge in [-0.15, -0.1) is 11.3 Å². The Balaban J connectivity index is 1.27. The van der Waals surface area contributed by atoms with E-state index in [9.17, 15) is 9.59 Å². The van der Waals surface area contributed by atoms with Crippen LogP contribution >= 0.6 is 11.3 Å². The van der Waals surface area contributed by atoms with Crippen LogP contribution in [0.15, 0.2) is 60.0 Å². The third-order valence-electron chi connectivity index (χ3n) is 5.96. The van der Waals surface area contributed by atoms with Crippen LogP contribution in [-0.4, -0.2) is 41.5 Å². The molecule has 1 N–H and O–H groups in total. The van der Waals surface area contributed by atoms with Crippen molar-refractivity contribution in [1.82, 2.24) is 10.2 Å². The Hall–Kier alpha value is -2.44. The van der Waals surface area contributed by atoms with E-state index in [0.717, 1.165) is 11.3 Å². The number of amides is 2. The van der Waals surface area contributed by atoms with Gasteiger partial charge in [-0.1, -0.05) is 48.6 Å². The van der Waals surface area contributed by atoms with Gasteiger partial charge in [-0.25, -0.2) is 0 Å².